The standard InChI is InChI=1S/C21H23N3O4/c25-19-7-6-18(20(26)23-19)24-13-17-14(3-1-5-16(17)21(24)27)4-2-12-28-15-8-10-22-11-9-15/h1,3,5,15,18,22H,6-13H2,(H,23,25,26). The molecule has 1 unspecified atom stereocenters. The van der Waals surface area contributed by atoms with Crippen molar-refractivity contribution in [2.75, 3.05) is 19.7 Å². The van der Waals surface area contributed by atoms with Crippen LogP contribution in [0.3, 0.4) is 0 Å². The van der Waals surface area contributed by atoms with Crippen LogP contribution in [-0.4, -0.2) is 54.5 Å². The number of carbonyl (C=O) groups excluding carboxylic acids is 3. The van der Waals surface area contributed by atoms with E-state index in [4.69, 9.17) is 4.74 Å². The number of nitrogens with one attached hydrogen (secondary N) is 2. The van der Waals surface area contributed by atoms with Crippen molar-refractivity contribution in [3.63, 3.8) is 0 Å². The second kappa shape index (κ2) is 8.13. The van der Waals surface area contributed by atoms with Gasteiger partial charge in [-0.15, -0.1) is 0 Å². The van der Waals surface area contributed by atoms with E-state index in [1.807, 2.05) is 12.1 Å². The highest BCUT2D eigenvalue weighted by Crippen LogP contribution is 2.29. The molecule has 1 aromatic rings. The van der Waals surface area contributed by atoms with Crippen LogP contribution in [0, 0.1) is 11.8 Å². The molecule has 0 aliphatic carbocycles. The summed E-state index contributed by atoms with van der Waals surface area (Å²) in [5.74, 6) is 5.31. The summed E-state index contributed by atoms with van der Waals surface area (Å²) in [5.41, 5.74) is 2.21. The smallest absolute Gasteiger partial charge is 0.255 e. The summed E-state index contributed by atoms with van der Waals surface area (Å²) in [6.07, 6.45) is 2.85. The SMILES string of the molecule is O=C1CCC(N2Cc3c(C#CCOC4CCNCC4)cccc3C2=O)C(=O)N1. The van der Waals surface area contributed by atoms with Crippen molar-refractivity contribution in [3.8, 4) is 11.8 Å². The topological polar surface area (TPSA) is 87.7 Å². The number of nitrogens with zero attached hydrogens (tertiary/aromatic N) is 1. The highest BCUT2D eigenvalue weighted by atomic mass is 16.5. The largest absolute Gasteiger partial charge is 0.365 e. The molecule has 4 rings (SSSR count). The first kappa shape index (κ1) is 18.7. The lowest BCUT2D eigenvalue weighted by molar-refractivity contribution is -0.136. The molecule has 3 heterocycles. The van der Waals surface area contributed by atoms with E-state index < -0.39 is 11.9 Å². The fraction of sp³-hybridized carbons (Fsp3) is 0.476. The summed E-state index contributed by atoms with van der Waals surface area (Å²) in [5, 5.41) is 5.62. The lowest BCUT2D eigenvalue weighted by Crippen LogP contribution is -2.52. The third-order valence-corrected chi connectivity index (χ3v) is 5.48. The Kier molecular flexibility index (Phi) is 5.42. The van der Waals surface area contributed by atoms with E-state index in [1.165, 1.54) is 0 Å². The van der Waals surface area contributed by atoms with E-state index in [9.17, 15) is 14.4 Å². The van der Waals surface area contributed by atoms with Crippen LogP contribution in [0.5, 0.6) is 0 Å². The molecule has 1 atom stereocenters. The van der Waals surface area contributed by atoms with Crippen LogP contribution in [0.15, 0.2) is 18.2 Å². The normalized spacial score (nSPS) is 22.5. The highest BCUT2D eigenvalue weighted by Gasteiger charge is 2.39. The molecule has 1 aromatic carbocycles. The van der Waals surface area contributed by atoms with Gasteiger partial charge < -0.3 is 15.0 Å². The first-order chi connectivity index (χ1) is 13.6. The van der Waals surface area contributed by atoms with Crippen molar-refractivity contribution in [1.29, 1.82) is 0 Å². The summed E-state index contributed by atoms with van der Waals surface area (Å²) in [7, 11) is 0. The third kappa shape index (κ3) is 3.79. The van der Waals surface area contributed by atoms with Gasteiger partial charge in [-0.2, -0.15) is 0 Å². The number of fused-ring (bicyclic) bond motifs is 1. The third-order valence-electron chi connectivity index (χ3n) is 5.48. The van der Waals surface area contributed by atoms with Crippen molar-refractivity contribution in [2.24, 2.45) is 0 Å². The van der Waals surface area contributed by atoms with Crippen LogP contribution in [0.2, 0.25) is 0 Å². The lowest BCUT2D eigenvalue weighted by Gasteiger charge is -2.29. The second-order valence-electron chi connectivity index (χ2n) is 7.29. The van der Waals surface area contributed by atoms with E-state index in [1.54, 1.807) is 11.0 Å². The molecule has 3 aliphatic rings. The second-order valence-corrected chi connectivity index (χ2v) is 7.29. The summed E-state index contributed by atoms with van der Waals surface area (Å²) in [6.45, 7) is 2.64. The predicted octanol–water partition coefficient (Wildman–Crippen LogP) is 0.568. The monoisotopic (exact) mass is 381 g/mol. The Bertz CT molecular complexity index is 864. The Balaban J connectivity index is 1.45. The van der Waals surface area contributed by atoms with Gasteiger partial charge in [0.15, 0.2) is 0 Å². The molecule has 2 N–H and O–H groups in total. The van der Waals surface area contributed by atoms with E-state index in [2.05, 4.69) is 22.5 Å². The van der Waals surface area contributed by atoms with Crippen LogP contribution < -0.4 is 10.6 Å². The van der Waals surface area contributed by atoms with E-state index >= 15 is 0 Å². The fourth-order valence-corrected chi connectivity index (χ4v) is 3.96. The molecule has 0 bridgehead atoms. The Morgan fingerprint density at radius 1 is 1.14 bits per heavy atom. The molecule has 2 saturated heterocycles. The van der Waals surface area contributed by atoms with Crippen LogP contribution in [0.25, 0.3) is 0 Å². The maximum atomic E-state index is 12.8. The van der Waals surface area contributed by atoms with Gasteiger partial charge in [0.05, 0.1) is 6.10 Å². The van der Waals surface area contributed by atoms with Crippen LogP contribution in [0.4, 0.5) is 0 Å². The van der Waals surface area contributed by atoms with Crippen molar-refractivity contribution in [1.82, 2.24) is 15.5 Å². The molecule has 2 fully saturated rings. The number of hydrogen-bond donors (Lipinski definition) is 2. The first-order valence-electron chi connectivity index (χ1n) is 9.71. The number of piperidine rings is 2. The zero-order chi connectivity index (χ0) is 19.5. The predicted molar refractivity (Wildman–Crippen MR) is 101 cm³/mol. The molecule has 0 saturated carbocycles. The lowest BCUT2D eigenvalue weighted by atomic mass is 10.0. The number of rotatable bonds is 3. The average molecular weight is 381 g/mol. The minimum Gasteiger partial charge on any atom is -0.365 e. The fourth-order valence-electron chi connectivity index (χ4n) is 3.96. The van der Waals surface area contributed by atoms with Gasteiger partial charge in [-0.3, -0.25) is 19.7 Å². The minimum atomic E-state index is -0.610. The van der Waals surface area contributed by atoms with Gasteiger partial charge in [-0.1, -0.05) is 17.9 Å². The summed E-state index contributed by atoms with van der Waals surface area (Å²) < 4.78 is 5.81. The summed E-state index contributed by atoms with van der Waals surface area (Å²) in [4.78, 5) is 37.9. The van der Waals surface area contributed by atoms with Gasteiger partial charge in [0.1, 0.15) is 12.6 Å². The van der Waals surface area contributed by atoms with Crippen molar-refractivity contribution in [3.05, 3.63) is 34.9 Å². The number of benzene rings is 1. The van der Waals surface area contributed by atoms with E-state index in [-0.39, 0.29) is 24.3 Å². The zero-order valence-electron chi connectivity index (χ0n) is 15.6. The quantitative estimate of drug-likeness (QED) is 0.590. The van der Waals surface area contributed by atoms with Crippen LogP contribution >= 0.6 is 0 Å². The molecule has 28 heavy (non-hydrogen) atoms. The molecule has 0 aromatic heterocycles. The van der Waals surface area contributed by atoms with Gasteiger partial charge in [0.2, 0.25) is 11.8 Å². The van der Waals surface area contributed by atoms with Crippen molar-refractivity contribution >= 4 is 17.7 Å². The Hall–Kier alpha value is -2.69. The van der Waals surface area contributed by atoms with Crippen LogP contribution in [-0.2, 0) is 20.9 Å². The molecule has 7 nitrogen and oxygen atoms in total. The van der Waals surface area contributed by atoms with Gasteiger partial charge in [0.25, 0.3) is 5.91 Å². The average Bonchev–Trinajstić information content (AvgIpc) is 3.03. The van der Waals surface area contributed by atoms with Gasteiger partial charge >= 0.3 is 0 Å². The Morgan fingerprint density at radius 2 is 1.96 bits per heavy atom. The number of ether oxygens (including phenoxy) is 1. The molecule has 3 amide bonds. The summed E-state index contributed by atoms with van der Waals surface area (Å²) in [6, 6.07) is 4.85. The molecular weight excluding hydrogens is 358 g/mol. The molecule has 0 spiro atoms. The van der Waals surface area contributed by atoms with E-state index in [0.717, 1.165) is 37.1 Å². The molecule has 0 radical (unpaired) electrons. The maximum absolute atomic E-state index is 12.8. The first-order valence-corrected chi connectivity index (χ1v) is 9.71. The molecule has 7 heteroatoms. The zero-order valence-corrected chi connectivity index (χ0v) is 15.6. The number of imide groups is 1. The molecule has 146 valence electrons. The van der Waals surface area contributed by atoms with E-state index in [0.29, 0.717) is 25.1 Å². The van der Waals surface area contributed by atoms with Gasteiger partial charge in [-0.05, 0) is 50.0 Å². The van der Waals surface area contributed by atoms with Gasteiger partial charge in [-0.25, -0.2) is 0 Å². The van der Waals surface area contributed by atoms with Crippen molar-refractivity contribution in [2.45, 2.75) is 44.4 Å². The van der Waals surface area contributed by atoms with Crippen LogP contribution in [0.1, 0.15) is 47.2 Å². The Labute approximate surface area is 163 Å². The van der Waals surface area contributed by atoms with Gasteiger partial charge in [0, 0.05) is 24.1 Å². The number of amides is 3. The highest BCUT2D eigenvalue weighted by molar-refractivity contribution is 6.05. The number of hydrogen-bond acceptors (Lipinski definition) is 5. The van der Waals surface area contributed by atoms with Crippen molar-refractivity contribution < 1.29 is 19.1 Å². The maximum Gasteiger partial charge on any atom is 0.255 e. The summed E-state index contributed by atoms with van der Waals surface area (Å²) >= 11 is 0. The minimum absolute atomic E-state index is 0.181. The number of carbonyl (C=O) groups is 3. The molecule has 3 aliphatic heterocycles. The molecular formula is C21H23N3O4. The Morgan fingerprint density at radius 3 is 2.75 bits per heavy atom.